The fraction of sp³-hybridized carbons (Fsp3) is 0.500. The number of halogens is 1. The maximum absolute atomic E-state index is 13.7. The van der Waals surface area contributed by atoms with Gasteiger partial charge in [0.1, 0.15) is 11.4 Å². The lowest BCUT2D eigenvalue weighted by Crippen LogP contribution is -2.24. The van der Waals surface area contributed by atoms with Gasteiger partial charge >= 0.3 is 0 Å². The molecule has 1 saturated carbocycles. The van der Waals surface area contributed by atoms with Crippen molar-refractivity contribution in [2.45, 2.75) is 44.6 Å². The van der Waals surface area contributed by atoms with E-state index in [-0.39, 0.29) is 11.4 Å². The molecule has 3 rings (SSSR count). The predicted molar refractivity (Wildman–Crippen MR) is 72.3 cm³/mol. The van der Waals surface area contributed by atoms with Crippen molar-refractivity contribution in [2.75, 3.05) is 0 Å². The molecule has 2 nitrogen and oxygen atoms in total. The Bertz CT molecular complexity index is 589. The Labute approximate surface area is 112 Å². The Kier molecular flexibility index (Phi) is 3.09. The van der Waals surface area contributed by atoms with E-state index in [0.29, 0.717) is 24.5 Å². The first-order valence-electron chi connectivity index (χ1n) is 6.99. The summed E-state index contributed by atoms with van der Waals surface area (Å²) in [6.45, 7) is 2.21. The predicted octanol–water partition coefficient (Wildman–Crippen LogP) is 4.36. The molecule has 1 aromatic carbocycles. The third kappa shape index (κ3) is 2.27. The third-order valence-electron chi connectivity index (χ3n) is 4.29. The molecule has 0 aliphatic heterocycles. The smallest absolute Gasteiger partial charge is 0.170 e. The Morgan fingerprint density at radius 1 is 1.32 bits per heavy atom. The maximum Gasteiger partial charge on any atom is 0.170 e. The van der Waals surface area contributed by atoms with Gasteiger partial charge in [0, 0.05) is 5.39 Å². The number of hydrogen-bond acceptors (Lipinski definition) is 2. The van der Waals surface area contributed by atoms with Gasteiger partial charge in [-0.15, -0.1) is 0 Å². The van der Waals surface area contributed by atoms with E-state index in [0.717, 1.165) is 24.6 Å². The fourth-order valence-electron chi connectivity index (χ4n) is 3.00. The first-order chi connectivity index (χ1) is 9.08. The normalized spacial score (nSPS) is 28.5. The lowest BCUT2D eigenvalue weighted by atomic mass is 9.91. The Morgan fingerprint density at radius 3 is 2.95 bits per heavy atom. The summed E-state index contributed by atoms with van der Waals surface area (Å²) in [7, 11) is 0. The van der Waals surface area contributed by atoms with Crippen LogP contribution in [-0.4, -0.2) is 5.11 Å². The van der Waals surface area contributed by atoms with Gasteiger partial charge in [-0.25, -0.2) is 4.39 Å². The molecule has 1 heterocycles. The van der Waals surface area contributed by atoms with Crippen LogP contribution in [0.2, 0.25) is 0 Å². The molecular formula is C16H19FO2. The highest BCUT2D eigenvalue weighted by atomic mass is 19.1. The molecule has 2 aromatic rings. The quantitative estimate of drug-likeness (QED) is 0.775. The number of furan rings is 1. The molecule has 1 N–H and O–H groups in total. The van der Waals surface area contributed by atoms with Crippen LogP contribution in [-0.2, 0) is 5.60 Å². The maximum atomic E-state index is 13.7. The second-order valence-corrected chi connectivity index (χ2v) is 5.84. The van der Waals surface area contributed by atoms with Gasteiger partial charge in [-0.05, 0) is 43.7 Å². The van der Waals surface area contributed by atoms with Crippen LogP contribution in [0.4, 0.5) is 4.39 Å². The largest absolute Gasteiger partial charge is 0.455 e. The van der Waals surface area contributed by atoms with Crippen LogP contribution in [0.15, 0.2) is 28.7 Å². The van der Waals surface area contributed by atoms with Gasteiger partial charge < -0.3 is 9.52 Å². The van der Waals surface area contributed by atoms with Crippen molar-refractivity contribution in [1.29, 1.82) is 0 Å². The molecule has 19 heavy (non-hydrogen) atoms. The molecule has 1 fully saturated rings. The van der Waals surface area contributed by atoms with E-state index in [2.05, 4.69) is 6.92 Å². The molecule has 1 aromatic heterocycles. The van der Waals surface area contributed by atoms with Crippen LogP contribution in [0.25, 0.3) is 11.0 Å². The summed E-state index contributed by atoms with van der Waals surface area (Å²) in [6.07, 6.45) is 4.48. The van der Waals surface area contributed by atoms with E-state index in [4.69, 9.17) is 4.42 Å². The van der Waals surface area contributed by atoms with E-state index in [9.17, 15) is 9.50 Å². The molecule has 1 aliphatic rings. The zero-order valence-corrected chi connectivity index (χ0v) is 11.2. The van der Waals surface area contributed by atoms with E-state index in [1.165, 1.54) is 6.07 Å². The number of rotatable bonds is 1. The summed E-state index contributed by atoms with van der Waals surface area (Å²) in [4.78, 5) is 0. The zero-order valence-electron chi connectivity index (χ0n) is 11.2. The van der Waals surface area contributed by atoms with Gasteiger partial charge in [0.05, 0.1) is 0 Å². The average molecular weight is 262 g/mol. The monoisotopic (exact) mass is 262 g/mol. The molecule has 2 unspecified atom stereocenters. The Balaban J connectivity index is 2.00. The van der Waals surface area contributed by atoms with Crippen molar-refractivity contribution in [3.63, 3.8) is 0 Å². The van der Waals surface area contributed by atoms with Gasteiger partial charge in [-0.3, -0.25) is 0 Å². The van der Waals surface area contributed by atoms with E-state index >= 15 is 0 Å². The Hall–Kier alpha value is -1.35. The lowest BCUT2D eigenvalue weighted by molar-refractivity contribution is 0.000225. The van der Waals surface area contributed by atoms with E-state index < -0.39 is 5.60 Å². The van der Waals surface area contributed by atoms with Crippen LogP contribution in [0.1, 0.15) is 44.8 Å². The SMILES string of the molecule is CC1CCCC(O)(c2cc3cccc(F)c3o2)CC1. The highest BCUT2D eigenvalue weighted by molar-refractivity contribution is 5.78. The molecule has 102 valence electrons. The van der Waals surface area contributed by atoms with E-state index in [1.807, 2.05) is 6.07 Å². The second-order valence-electron chi connectivity index (χ2n) is 5.84. The van der Waals surface area contributed by atoms with Gasteiger partial charge in [0.15, 0.2) is 11.4 Å². The fourth-order valence-corrected chi connectivity index (χ4v) is 3.00. The van der Waals surface area contributed by atoms with Crippen LogP contribution in [0.5, 0.6) is 0 Å². The molecule has 0 saturated heterocycles. The van der Waals surface area contributed by atoms with Gasteiger partial charge in [0.25, 0.3) is 0 Å². The molecule has 2 atom stereocenters. The van der Waals surface area contributed by atoms with Crippen molar-refractivity contribution in [2.24, 2.45) is 5.92 Å². The molecular weight excluding hydrogens is 243 g/mol. The minimum atomic E-state index is -0.934. The summed E-state index contributed by atoms with van der Waals surface area (Å²) in [5, 5.41) is 11.5. The first kappa shape index (κ1) is 12.7. The summed E-state index contributed by atoms with van der Waals surface area (Å²) >= 11 is 0. The van der Waals surface area contributed by atoms with Crippen molar-refractivity contribution >= 4 is 11.0 Å². The molecule has 0 amide bonds. The van der Waals surface area contributed by atoms with Crippen molar-refractivity contribution < 1.29 is 13.9 Å². The number of fused-ring (bicyclic) bond motifs is 1. The molecule has 0 bridgehead atoms. The first-order valence-corrected chi connectivity index (χ1v) is 6.99. The molecule has 0 radical (unpaired) electrons. The van der Waals surface area contributed by atoms with Crippen LogP contribution in [0.3, 0.4) is 0 Å². The summed E-state index contributed by atoms with van der Waals surface area (Å²) in [6, 6.07) is 6.65. The van der Waals surface area contributed by atoms with Crippen molar-refractivity contribution in [3.8, 4) is 0 Å². The second kappa shape index (κ2) is 4.64. The van der Waals surface area contributed by atoms with Crippen molar-refractivity contribution in [1.82, 2.24) is 0 Å². The minimum absolute atomic E-state index is 0.253. The van der Waals surface area contributed by atoms with Crippen LogP contribution in [0, 0.1) is 11.7 Å². The highest BCUT2D eigenvalue weighted by Crippen LogP contribution is 2.40. The number of hydrogen-bond donors (Lipinski definition) is 1. The number of para-hydroxylation sites is 1. The lowest BCUT2D eigenvalue weighted by Gasteiger charge is -2.23. The van der Waals surface area contributed by atoms with Gasteiger partial charge in [-0.1, -0.05) is 25.5 Å². The Morgan fingerprint density at radius 2 is 2.16 bits per heavy atom. The van der Waals surface area contributed by atoms with Crippen LogP contribution < -0.4 is 0 Å². The number of benzene rings is 1. The average Bonchev–Trinajstić information content (AvgIpc) is 2.75. The standard InChI is InChI=1S/C16H19FO2/c1-11-4-3-8-16(18,9-7-11)14-10-12-5-2-6-13(17)15(12)19-14/h2,5-6,10-11,18H,3-4,7-9H2,1H3. The van der Waals surface area contributed by atoms with E-state index in [1.54, 1.807) is 12.1 Å². The van der Waals surface area contributed by atoms with Crippen LogP contribution >= 0.6 is 0 Å². The summed E-state index contributed by atoms with van der Waals surface area (Å²) in [5.74, 6) is 0.783. The third-order valence-corrected chi connectivity index (χ3v) is 4.29. The zero-order chi connectivity index (χ0) is 13.5. The molecule has 0 spiro atoms. The molecule has 1 aliphatic carbocycles. The van der Waals surface area contributed by atoms with Gasteiger partial charge in [-0.2, -0.15) is 0 Å². The minimum Gasteiger partial charge on any atom is -0.455 e. The number of aliphatic hydroxyl groups is 1. The molecule has 3 heteroatoms. The topological polar surface area (TPSA) is 33.4 Å². The van der Waals surface area contributed by atoms with Gasteiger partial charge in [0.2, 0.25) is 0 Å². The summed E-state index contributed by atoms with van der Waals surface area (Å²) < 4.78 is 19.3. The summed E-state index contributed by atoms with van der Waals surface area (Å²) in [5.41, 5.74) is -0.681. The van der Waals surface area contributed by atoms with Crippen molar-refractivity contribution in [3.05, 3.63) is 35.8 Å². The highest BCUT2D eigenvalue weighted by Gasteiger charge is 2.35.